The van der Waals surface area contributed by atoms with Gasteiger partial charge in [0, 0.05) is 24.9 Å². The SMILES string of the molecule is O=C(NCCc1ccc2c(c1)OCO2)C(Cc1ccccn1)c1ccccc1. The van der Waals surface area contributed by atoms with E-state index in [-0.39, 0.29) is 18.6 Å². The molecule has 0 aliphatic carbocycles. The highest BCUT2D eigenvalue weighted by Crippen LogP contribution is 2.32. The summed E-state index contributed by atoms with van der Waals surface area (Å²) in [6, 6.07) is 21.5. The van der Waals surface area contributed by atoms with Crippen LogP contribution in [0.25, 0.3) is 0 Å². The van der Waals surface area contributed by atoms with Crippen molar-refractivity contribution in [1.82, 2.24) is 10.3 Å². The molecule has 0 fully saturated rings. The number of aromatic nitrogens is 1. The van der Waals surface area contributed by atoms with Crippen LogP contribution in [-0.4, -0.2) is 24.2 Å². The van der Waals surface area contributed by atoms with E-state index in [2.05, 4.69) is 10.3 Å². The van der Waals surface area contributed by atoms with Crippen molar-refractivity contribution in [1.29, 1.82) is 0 Å². The highest BCUT2D eigenvalue weighted by atomic mass is 16.7. The smallest absolute Gasteiger partial charge is 0.231 e. The van der Waals surface area contributed by atoms with E-state index < -0.39 is 0 Å². The minimum absolute atomic E-state index is 0.0117. The quantitative estimate of drug-likeness (QED) is 0.688. The molecule has 3 aromatic rings. The van der Waals surface area contributed by atoms with Crippen LogP contribution in [0.15, 0.2) is 72.9 Å². The molecule has 0 bridgehead atoms. The number of hydrogen-bond acceptors (Lipinski definition) is 4. The summed E-state index contributed by atoms with van der Waals surface area (Å²) in [6.45, 7) is 0.825. The van der Waals surface area contributed by atoms with Gasteiger partial charge in [-0.3, -0.25) is 9.78 Å². The van der Waals surface area contributed by atoms with E-state index in [1.54, 1.807) is 6.20 Å². The molecule has 5 heteroatoms. The van der Waals surface area contributed by atoms with Gasteiger partial charge < -0.3 is 14.8 Å². The molecule has 1 aliphatic heterocycles. The van der Waals surface area contributed by atoms with E-state index in [1.807, 2.05) is 66.7 Å². The van der Waals surface area contributed by atoms with Crippen LogP contribution in [0.5, 0.6) is 11.5 Å². The second kappa shape index (κ2) is 8.57. The number of hydrogen-bond donors (Lipinski definition) is 1. The third-order valence-corrected chi connectivity index (χ3v) is 4.81. The molecule has 2 heterocycles. The highest BCUT2D eigenvalue weighted by Gasteiger charge is 2.21. The lowest BCUT2D eigenvalue weighted by atomic mass is 9.93. The van der Waals surface area contributed by atoms with Crippen LogP contribution in [0.1, 0.15) is 22.7 Å². The summed E-state index contributed by atoms with van der Waals surface area (Å²) in [5.41, 5.74) is 3.00. The van der Waals surface area contributed by atoms with E-state index in [1.165, 1.54) is 0 Å². The molecule has 0 saturated heterocycles. The summed E-state index contributed by atoms with van der Waals surface area (Å²) in [6.07, 6.45) is 3.06. The van der Waals surface area contributed by atoms with E-state index in [4.69, 9.17) is 9.47 Å². The number of fused-ring (bicyclic) bond motifs is 1. The van der Waals surface area contributed by atoms with Gasteiger partial charge >= 0.3 is 0 Å². The first-order valence-electron chi connectivity index (χ1n) is 9.41. The minimum atomic E-state index is -0.271. The van der Waals surface area contributed by atoms with Crippen LogP contribution < -0.4 is 14.8 Å². The van der Waals surface area contributed by atoms with Gasteiger partial charge in [-0.05, 0) is 41.8 Å². The van der Waals surface area contributed by atoms with Crippen LogP contribution in [0.3, 0.4) is 0 Å². The first-order chi connectivity index (χ1) is 13.8. The number of carbonyl (C=O) groups excluding carboxylic acids is 1. The van der Waals surface area contributed by atoms with Gasteiger partial charge in [-0.2, -0.15) is 0 Å². The maximum atomic E-state index is 12.9. The topological polar surface area (TPSA) is 60.5 Å². The van der Waals surface area contributed by atoms with Gasteiger partial charge in [0.2, 0.25) is 12.7 Å². The molecule has 142 valence electrons. The summed E-state index contributed by atoms with van der Waals surface area (Å²) in [5.74, 6) is 1.28. The summed E-state index contributed by atoms with van der Waals surface area (Å²) < 4.78 is 10.7. The number of nitrogens with zero attached hydrogens (tertiary/aromatic N) is 1. The van der Waals surface area contributed by atoms with Crippen molar-refractivity contribution in [2.24, 2.45) is 0 Å². The summed E-state index contributed by atoms with van der Waals surface area (Å²) in [7, 11) is 0. The maximum absolute atomic E-state index is 12.9. The van der Waals surface area contributed by atoms with Crippen molar-refractivity contribution in [2.75, 3.05) is 13.3 Å². The Labute approximate surface area is 164 Å². The van der Waals surface area contributed by atoms with Gasteiger partial charge in [0.15, 0.2) is 11.5 Å². The van der Waals surface area contributed by atoms with Gasteiger partial charge in [-0.1, -0.05) is 42.5 Å². The van der Waals surface area contributed by atoms with Crippen molar-refractivity contribution in [3.05, 3.63) is 89.7 Å². The van der Waals surface area contributed by atoms with Crippen LogP contribution in [0, 0.1) is 0 Å². The van der Waals surface area contributed by atoms with Crippen LogP contribution in [0.4, 0.5) is 0 Å². The Morgan fingerprint density at radius 3 is 2.64 bits per heavy atom. The number of rotatable bonds is 7. The first-order valence-corrected chi connectivity index (χ1v) is 9.41. The lowest BCUT2D eigenvalue weighted by Gasteiger charge is -2.17. The fraction of sp³-hybridized carbons (Fsp3) is 0.217. The molecule has 1 atom stereocenters. The Hall–Kier alpha value is -3.34. The van der Waals surface area contributed by atoms with Gasteiger partial charge in [-0.15, -0.1) is 0 Å². The molecule has 0 radical (unpaired) electrons. The fourth-order valence-corrected chi connectivity index (χ4v) is 3.32. The van der Waals surface area contributed by atoms with Gasteiger partial charge in [-0.25, -0.2) is 0 Å². The van der Waals surface area contributed by atoms with Gasteiger partial charge in [0.1, 0.15) is 0 Å². The third-order valence-electron chi connectivity index (χ3n) is 4.81. The first kappa shape index (κ1) is 18.0. The van der Waals surface area contributed by atoms with Crippen LogP contribution in [0.2, 0.25) is 0 Å². The molecule has 1 aliphatic rings. The molecule has 5 nitrogen and oxygen atoms in total. The van der Waals surface area contributed by atoms with E-state index in [0.717, 1.165) is 34.7 Å². The number of carbonyl (C=O) groups is 1. The molecule has 4 rings (SSSR count). The van der Waals surface area contributed by atoms with Crippen molar-refractivity contribution >= 4 is 5.91 Å². The zero-order valence-corrected chi connectivity index (χ0v) is 15.5. The number of pyridine rings is 1. The van der Waals surface area contributed by atoms with Gasteiger partial charge in [0.25, 0.3) is 0 Å². The number of benzene rings is 2. The second-order valence-electron chi connectivity index (χ2n) is 6.72. The second-order valence-corrected chi connectivity index (χ2v) is 6.72. The molecular formula is C23H22N2O3. The summed E-state index contributed by atoms with van der Waals surface area (Å²) in [5, 5.41) is 3.08. The number of nitrogens with one attached hydrogen (secondary N) is 1. The largest absolute Gasteiger partial charge is 0.454 e. The summed E-state index contributed by atoms with van der Waals surface area (Å²) in [4.78, 5) is 17.3. The standard InChI is InChI=1S/C23H22N2O3/c26-23(25-13-11-17-9-10-21-22(14-17)28-16-27-21)20(18-6-2-1-3-7-18)15-19-8-4-5-12-24-19/h1-10,12,14,20H,11,13,15-16H2,(H,25,26). The Morgan fingerprint density at radius 1 is 1.00 bits per heavy atom. The average molecular weight is 374 g/mol. The monoisotopic (exact) mass is 374 g/mol. The predicted molar refractivity (Wildman–Crippen MR) is 106 cm³/mol. The molecule has 2 aromatic carbocycles. The molecule has 1 amide bonds. The Morgan fingerprint density at radius 2 is 1.82 bits per heavy atom. The maximum Gasteiger partial charge on any atom is 0.231 e. The fourth-order valence-electron chi connectivity index (χ4n) is 3.32. The predicted octanol–water partition coefficient (Wildman–Crippen LogP) is 3.50. The third kappa shape index (κ3) is 4.31. The van der Waals surface area contributed by atoms with Gasteiger partial charge in [0.05, 0.1) is 5.92 Å². The van der Waals surface area contributed by atoms with Crippen LogP contribution >= 0.6 is 0 Å². The van der Waals surface area contributed by atoms with Crippen molar-refractivity contribution in [2.45, 2.75) is 18.8 Å². The summed E-state index contributed by atoms with van der Waals surface area (Å²) >= 11 is 0. The lowest BCUT2D eigenvalue weighted by Crippen LogP contribution is -2.32. The number of ether oxygens (including phenoxy) is 2. The van der Waals surface area contributed by atoms with Crippen molar-refractivity contribution in [3.63, 3.8) is 0 Å². The average Bonchev–Trinajstić information content (AvgIpc) is 3.21. The Kier molecular flexibility index (Phi) is 5.52. The molecule has 1 N–H and O–H groups in total. The molecular weight excluding hydrogens is 352 g/mol. The Balaban J connectivity index is 1.40. The normalized spacial score (nSPS) is 13.1. The Bertz CT molecular complexity index is 929. The van der Waals surface area contributed by atoms with E-state index >= 15 is 0 Å². The zero-order chi connectivity index (χ0) is 19.2. The van der Waals surface area contributed by atoms with E-state index in [9.17, 15) is 4.79 Å². The zero-order valence-electron chi connectivity index (χ0n) is 15.5. The molecule has 0 spiro atoms. The minimum Gasteiger partial charge on any atom is -0.454 e. The molecule has 1 unspecified atom stereocenters. The number of amides is 1. The highest BCUT2D eigenvalue weighted by molar-refractivity contribution is 5.83. The molecule has 0 saturated carbocycles. The molecule has 1 aromatic heterocycles. The molecule has 28 heavy (non-hydrogen) atoms. The van der Waals surface area contributed by atoms with Crippen molar-refractivity contribution < 1.29 is 14.3 Å². The van der Waals surface area contributed by atoms with Crippen molar-refractivity contribution in [3.8, 4) is 11.5 Å². The lowest BCUT2D eigenvalue weighted by molar-refractivity contribution is -0.122. The van der Waals surface area contributed by atoms with Crippen LogP contribution in [-0.2, 0) is 17.6 Å². The van der Waals surface area contributed by atoms with E-state index in [0.29, 0.717) is 13.0 Å².